The zero-order chi connectivity index (χ0) is 10.9. The smallest absolute Gasteiger partial charge is 0.365 e. The van der Waals surface area contributed by atoms with Gasteiger partial charge in [0.1, 0.15) is 0 Å². The van der Waals surface area contributed by atoms with E-state index in [9.17, 15) is 12.3 Å². The van der Waals surface area contributed by atoms with Gasteiger partial charge >= 0.3 is 10.2 Å². The first-order valence-corrected chi connectivity index (χ1v) is 6.25. The summed E-state index contributed by atoms with van der Waals surface area (Å²) < 4.78 is 38.6. The van der Waals surface area contributed by atoms with Crippen molar-refractivity contribution in [1.82, 2.24) is 0 Å². The Morgan fingerprint density at radius 2 is 1.87 bits per heavy atom. The van der Waals surface area contributed by atoms with Crippen molar-refractivity contribution in [2.24, 2.45) is 0 Å². The third-order valence-corrected chi connectivity index (χ3v) is 3.18. The Hall–Kier alpha value is -1.04. The summed E-state index contributed by atoms with van der Waals surface area (Å²) in [4.78, 5) is 1.93. The molecular weight excluding hydrogens is 221 g/mol. The van der Waals surface area contributed by atoms with E-state index in [0.29, 0.717) is 5.88 Å². The van der Waals surface area contributed by atoms with Crippen molar-refractivity contribution in [3.05, 3.63) is 12.1 Å². The van der Waals surface area contributed by atoms with E-state index in [1.54, 1.807) is 0 Å². The molecule has 0 bridgehead atoms. The van der Waals surface area contributed by atoms with E-state index < -0.39 is 15.3 Å². The fraction of sp³-hybridized carbons (Fsp3) is 0.556. The van der Waals surface area contributed by atoms with Crippen molar-refractivity contribution in [3.8, 4) is 0 Å². The highest BCUT2D eigenvalue weighted by Gasteiger charge is 2.20. The molecule has 0 radical (unpaired) electrons. The number of hydrogen-bond acceptors (Lipinski definition) is 4. The van der Waals surface area contributed by atoms with Crippen LogP contribution in [-0.4, -0.2) is 21.5 Å². The van der Waals surface area contributed by atoms with Gasteiger partial charge < -0.3 is 9.32 Å². The largest absolute Gasteiger partial charge is 0.426 e. The monoisotopic (exact) mass is 233 g/mol. The molecule has 15 heavy (non-hydrogen) atoms. The molecule has 1 fully saturated rings. The van der Waals surface area contributed by atoms with Crippen molar-refractivity contribution in [2.45, 2.75) is 24.4 Å². The first-order chi connectivity index (χ1) is 7.07. The van der Waals surface area contributed by atoms with Gasteiger partial charge in [0.2, 0.25) is 0 Å². The lowest BCUT2D eigenvalue weighted by Gasteiger charge is -2.25. The maximum absolute atomic E-state index is 12.6. The molecule has 0 amide bonds. The number of rotatable bonds is 2. The highest BCUT2D eigenvalue weighted by atomic mass is 32.3. The zero-order valence-corrected chi connectivity index (χ0v) is 8.96. The van der Waals surface area contributed by atoms with Gasteiger partial charge in [0.05, 0.1) is 0 Å². The number of halogens is 1. The molecule has 1 aromatic heterocycles. The average molecular weight is 233 g/mol. The molecule has 4 nitrogen and oxygen atoms in total. The first kappa shape index (κ1) is 10.5. The predicted molar refractivity (Wildman–Crippen MR) is 53.1 cm³/mol. The van der Waals surface area contributed by atoms with E-state index in [1.165, 1.54) is 12.5 Å². The van der Waals surface area contributed by atoms with Gasteiger partial charge in [-0.1, -0.05) is 3.89 Å². The van der Waals surface area contributed by atoms with Crippen molar-refractivity contribution in [3.63, 3.8) is 0 Å². The van der Waals surface area contributed by atoms with Crippen LogP contribution in [0.25, 0.3) is 0 Å². The van der Waals surface area contributed by atoms with Gasteiger partial charge in [-0.25, -0.2) is 0 Å². The summed E-state index contributed by atoms with van der Waals surface area (Å²) in [6.07, 6.45) is 3.28. The maximum atomic E-state index is 12.6. The normalized spacial score (nSPS) is 18.1. The second-order valence-corrected chi connectivity index (χ2v) is 4.86. The third kappa shape index (κ3) is 2.31. The standard InChI is InChI=1S/C9H12FNO3S/c10-15(12,13)9-5-4-8(14-9)11-6-2-1-3-7-11/h4-5H,1-3,6-7H2. The molecule has 0 saturated carbocycles. The quantitative estimate of drug-likeness (QED) is 0.732. The van der Waals surface area contributed by atoms with Crippen LogP contribution in [0.4, 0.5) is 9.77 Å². The van der Waals surface area contributed by atoms with E-state index in [0.717, 1.165) is 32.0 Å². The number of piperidine rings is 1. The second kappa shape index (κ2) is 3.84. The number of furan rings is 1. The maximum Gasteiger partial charge on any atom is 0.365 e. The summed E-state index contributed by atoms with van der Waals surface area (Å²) in [7, 11) is -4.71. The molecule has 0 aliphatic carbocycles. The summed E-state index contributed by atoms with van der Waals surface area (Å²) in [6, 6.07) is 2.65. The van der Waals surface area contributed by atoms with E-state index in [1.807, 2.05) is 4.90 Å². The Bertz CT molecular complexity index is 434. The highest BCUT2D eigenvalue weighted by Crippen LogP contribution is 2.25. The number of hydrogen-bond donors (Lipinski definition) is 0. The van der Waals surface area contributed by atoms with E-state index in [-0.39, 0.29) is 0 Å². The summed E-state index contributed by atoms with van der Waals surface area (Å²) in [5.41, 5.74) is 0. The molecule has 1 aliphatic heterocycles. The Balaban J connectivity index is 2.19. The average Bonchev–Trinajstić information content (AvgIpc) is 2.67. The summed E-state index contributed by atoms with van der Waals surface area (Å²) in [5, 5.41) is -0.608. The SMILES string of the molecule is O=S(=O)(F)c1ccc(N2CCCCC2)o1. The van der Waals surface area contributed by atoms with Crippen LogP contribution in [0.3, 0.4) is 0 Å². The second-order valence-electron chi connectivity index (χ2n) is 3.58. The van der Waals surface area contributed by atoms with Crippen LogP contribution < -0.4 is 4.90 Å². The third-order valence-electron chi connectivity index (χ3n) is 2.48. The van der Waals surface area contributed by atoms with Crippen LogP contribution in [0.5, 0.6) is 0 Å². The Labute approximate surface area is 87.9 Å². The minimum absolute atomic E-state index is 0.436. The molecule has 84 valence electrons. The van der Waals surface area contributed by atoms with E-state index >= 15 is 0 Å². The van der Waals surface area contributed by atoms with Crippen LogP contribution in [0.15, 0.2) is 21.6 Å². The molecule has 2 heterocycles. The van der Waals surface area contributed by atoms with Crippen molar-refractivity contribution >= 4 is 16.1 Å². The molecule has 1 aliphatic rings. The Kier molecular flexibility index (Phi) is 2.68. The minimum Gasteiger partial charge on any atom is -0.426 e. The van der Waals surface area contributed by atoms with Crippen LogP contribution in [-0.2, 0) is 10.2 Å². The fourth-order valence-electron chi connectivity index (χ4n) is 1.73. The molecule has 0 N–H and O–H groups in total. The molecule has 6 heteroatoms. The number of nitrogens with zero attached hydrogens (tertiary/aromatic N) is 1. The van der Waals surface area contributed by atoms with Gasteiger partial charge in [0.25, 0.3) is 5.09 Å². The Morgan fingerprint density at radius 3 is 2.40 bits per heavy atom. The van der Waals surface area contributed by atoms with Gasteiger partial charge in [-0.15, -0.1) is 0 Å². The molecule has 0 atom stereocenters. The predicted octanol–water partition coefficient (Wildman–Crippen LogP) is 1.93. The molecular formula is C9H12FNO3S. The molecule has 0 spiro atoms. The molecule has 2 rings (SSSR count). The van der Waals surface area contributed by atoms with Crippen LogP contribution in [0, 0.1) is 0 Å². The van der Waals surface area contributed by atoms with Crippen molar-refractivity contribution in [2.75, 3.05) is 18.0 Å². The summed E-state index contributed by atoms with van der Waals surface area (Å²) in [5.74, 6) is 0.436. The lowest BCUT2D eigenvalue weighted by atomic mass is 10.1. The molecule has 0 aromatic carbocycles. The van der Waals surface area contributed by atoms with Crippen molar-refractivity contribution < 1.29 is 16.7 Å². The lowest BCUT2D eigenvalue weighted by Crippen LogP contribution is -2.28. The van der Waals surface area contributed by atoms with E-state index in [2.05, 4.69) is 0 Å². The van der Waals surface area contributed by atoms with Crippen LogP contribution >= 0.6 is 0 Å². The molecule has 1 aromatic rings. The molecule has 0 unspecified atom stereocenters. The fourth-order valence-corrected chi connectivity index (χ4v) is 2.14. The van der Waals surface area contributed by atoms with Gasteiger partial charge in [0, 0.05) is 25.2 Å². The molecule has 1 saturated heterocycles. The highest BCUT2D eigenvalue weighted by molar-refractivity contribution is 7.86. The van der Waals surface area contributed by atoms with Crippen LogP contribution in [0.1, 0.15) is 19.3 Å². The zero-order valence-electron chi connectivity index (χ0n) is 8.15. The van der Waals surface area contributed by atoms with Crippen molar-refractivity contribution in [1.29, 1.82) is 0 Å². The van der Waals surface area contributed by atoms with Gasteiger partial charge in [0.15, 0.2) is 5.88 Å². The van der Waals surface area contributed by atoms with Gasteiger partial charge in [-0.3, -0.25) is 0 Å². The Morgan fingerprint density at radius 1 is 1.20 bits per heavy atom. The summed E-state index contributed by atoms with van der Waals surface area (Å²) in [6.45, 7) is 1.67. The lowest BCUT2D eigenvalue weighted by molar-refractivity contribution is 0.420. The van der Waals surface area contributed by atoms with Gasteiger partial charge in [-0.05, 0) is 19.3 Å². The topological polar surface area (TPSA) is 50.5 Å². The first-order valence-electron chi connectivity index (χ1n) is 4.87. The van der Waals surface area contributed by atoms with Gasteiger partial charge in [-0.2, -0.15) is 8.42 Å². The summed E-state index contributed by atoms with van der Waals surface area (Å²) >= 11 is 0. The van der Waals surface area contributed by atoms with Crippen LogP contribution in [0.2, 0.25) is 0 Å². The van der Waals surface area contributed by atoms with E-state index in [4.69, 9.17) is 4.42 Å². The number of anilines is 1. The minimum atomic E-state index is -4.71.